The van der Waals surface area contributed by atoms with Crippen LogP contribution in [0.1, 0.15) is 29.8 Å². The fourth-order valence-electron chi connectivity index (χ4n) is 2.24. The van der Waals surface area contributed by atoms with E-state index in [9.17, 15) is 0 Å². The van der Waals surface area contributed by atoms with Gasteiger partial charge in [0.1, 0.15) is 0 Å². The van der Waals surface area contributed by atoms with Crippen LogP contribution in [0.3, 0.4) is 0 Å². The van der Waals surface area contributed by atoms with Crippen molar-refractivity contribution in [2.75, 3.05) is 6.54 Å². The van der Waals surface area contributed by atoms with Gasteiger partial charge in [-0.3, -0.25) is 4.98 Å². The van der Waals surface area contributed by atoms with Gasteiger partial charge in [-0.25, -0.2) is 0 Å². The first-order valence-corrected chi connectivity index (χ1v) is 7.38. The molecule has 1 unspecified atom stereocenters. The van der Waals surface area contributed by atoms with E-state index in [2.05, 4.69) is 69.6 Å². The van der Waals surface area contributed by atoms with Crippen LogP contribution in [-0.2, 0) is 6.42 Å². The minimum Gasteiger partial charge on any atom is -0.310 e. The smallest absolute Gasteiger partial charge is 0.0375 e. The molecule has 0 bridgehead atoms. The Bertz CT molecular complexity index is 540. The number of hydrogen-bond donors (Lipinski definition) is 1. The van der Waals surface area contributed by atoms with Crippen LogP contribution in [-0.4, -0.2) is 11.5 Å². The molecule has 2 aromatic rings. The van der Waals surface area contributed by atoms with Crippen LogP contribution in [0.4, 0.5) is 0 Å². The first-order valence-electron chi connectivity index (χ1n) is 6.59. The van der Waals surface area contributed by atoms with E-state index >= 15 is 0 Å². The predicted molar refractivity (Wildman–Crippen MR) is 83.2 cm³/mol. The van der Waals surface area contributed by atoms with Gasteiger partial charge in [0.2, 0.25) is 0 Å². The van der Waals surface area contributed by atoms with Crippen molar-refractivity contribution < 1.29 is 0 Å². The van der Waals surface area contributed by atoms with Crippen LogP contribution in [0.15, 0.2) is 47.1 Å². The van der Waals surface area contributed by atoms with E-state index < -0.39 is 0 Å². The first kappa shape index (κ1) is 14.2. The van der Waals surface area contributed by atoms with Gasteiger partial charge in [-0.05, 0) is 55.3 Å². The molecule has 0 radical (unpaired) electrons. The average Bonchev–Trinajstić information content (AvgIpc) is 2.38. The number of benzene rings is 1. The Hall–Kier alpha value is -1.19. The van der Waals surface area contributed by atoms with Crippen molar-refractivity contribution in [1.82, 2.24) is 10.3 Å². The molecule has 0 aliphatic heterocycles. The van der Waals surface area contributed by atoms with Gasteiger partial charge in [0.05, 0.1) is 0 Å². The van der Waals surface area contributed by atoms with Gasteiger partial charge >= 0.3 is 0 Å². The van der Waals surface area contributed by atoms with Crippen LogP contribution in [0.2, 0.25) is 0 Å². The Balaban J connectivity index is 2.21. The summed E-state index contributed by atoms with van der Waals surface area (Å²) in [6.07, 6.45) is 2.87. The van der Waals surface area contributed by atoms with Crippen molar-refractivity contribution in [3.8, 4) is 0 Å². The number of hydrogen-bond acceptors (Lipinski definition) is 2. The second-order valence-electron chi connectivity index (χ2n) is 4.67. The zero-order valence-corrected chi connectivity index (χ0v) is 12.9. The average molecular weight is 319 g/mol. The maximum Gasteiger partial charge on any atom is 0.0375 e. The quantitative estimate of drug-likeness (QED) is 0.899. The Morgan fingerprint density at radius 2 is 2.11 bits per heavy atom. The second kappa shape index (κ2) is 6.83. The Morgan fingerprint density at radius 3 is 2.79 bits per heavy atom. The van der Waals surface area contributed by atoms with E-state index in [-0.39, 0.29) is 0 Å². The van der Waals surface area contributed by atoms with Gasteiger partial charge in [0.15, 0.2) is 0 Å². The standard InChI is InChI=1S/C16H19BrN2/c1-3-18-16(14-7-8-19-12(2)9-14)11-13-5-4-6-15(17)10-13/h4-10,16,18H,3,11H2,1-2H3. The molecular weight excluding hydrogens is 300 g/mol. The molecule has 1 N–H and O–H groups in total. The summed E-state index contributed by atoms with van der Waals surface area (Å²) in [6, 6.07) is 13.1. The maximum atomic E-state index is 4.27. The topological polar surface area (TPSA) is 24.9 Å². The van der Waals surface area contributed by atoms with Crippen LogP contribution in [0.5, 0.6) is 0 Å². The van der Waals surface area contributed by atoms with Crippen LogP contribution < -0.4 is 5.32 Å². The van der Waals surface area contributed by atoms with Gasteiger partial charge < -0.3 is 5.32 Å². The Kier molecular flexibility index (Phi) is 5.11. The first-order chi connectivity index (χ1) is 9.19. The van der Waals surface area contributed by atoms with Gasteiger partial charge in [-0.1, -0.05) is 35.0 Å². The molecular formula is C16H19BrN2. The predicted octanol–water partition coefficient (Wildman–Crippen LogP) is 4.05. The molecule has 0 amide bonds. The molecule has 0 aliphatic carbocycles. The zero-order chi connectivity index (χ0) is 13.7. The third-order valence-electron chi connectivity index (χ3n) is 3.10. The Morgan fingerprint density at radius 1 is 1.26 bits per heavy atom. The zero-order valence-electron chi connectivity index (χ0n) is 11.4. The number of halogens is 1. The van der Waals surface area contributed by atoms with Crippen molar-refractivity contribution in [3.05, 3.63) is 63.9 Å². The van der Waals surface area contributed by atoms with Gasteiger partial charge in [-0.15, -0.1) is 0 Å². The summed E-state index contributed by atoms with van der Waals surface area (Å²) < 4.78 is 1.13. The van der Waals surface area contributed by atoms with Crippen LogP contribution in [0, 0.1) is 6.92 Å². The lowest BCUT2D eigenvalue weighted by molar-refractivity contribution is 0.549. The highest BCUT2D eigenvalue weighted by atomic mass is 79.9. The van der Waals surface area contributed by atoms with E-state index in [1.165, 1.54) is 11.1 Å². The highest BCUT2D eigenvalue weighted by molar-refractivity contribution is 9.10. The summed E-state index contributed by atoms with van der Waals surface area (Å²) in [5.74, 6) is 0. The molecule has 0 saturated carbocycles. The normalized spacial score (nSPS) is 12.4. The highest BCUT2D eigenvalue weighted by Gasteiger charge is 2.11. The third kappa shape index (κ3) is 4.15. The van der Waals surface area contributed by atoms with E-state index in [1.54, 1.807) is 0 Å². The minimum absolute atomic E-state index is 0.334. The van der Waals surface area contributed by atoms with Gasteiger partial charge in [0.25, 0.3) is 0 Å². The molecule has 1 heterocycles. The van der Waals surface area contributed by atoms with E-state index in [1.807, 2.05) is 13.1 Å². The minimum atomic E-state index is 0.334. The van der Waals surface area contributed by atoms with E-state index in [0.717, 1.165) is 23.1 Å². The number of nitrogens with zero attached hydrogens (tertiary/aromatic N) is 1. The van der Waals surface area contributed by atoms with Crippen molar-refractivity contribution >= 4 is 15.9 Å². The third-order valence-corrected chi connectivity index (χ3v) is 3.60. The Labute approximate surface area is 123 Å². The molecule has 100 valence electrons. The molecule has 2 rings (SSSR count). The number of rotatable bonds is 5. The summed E-state index contributed by atoms with van der Waals surface area (Å²) in [5, 5.41) is 3.55. The molecule has 1 atom stereocenters. The van der Waals surface area contributed by atoms with Crippen molar-refractivity contribution in [2.24, 2.45) is 0 Å². The van der Waals surface area contributed by atoms with Crippen LogP contribution >= 0.6 is 15.9 Å². The monoisotopic (exact) mass is 318 g/mol. The fourth-order valence-corrected chi connectivity index (χ4v) is 2.68. The molecule has 0 spiro atoms. The summed E-state index contributed by atoms with van der Waals surface area (Å²) in [6.45, 7) is 5.13. The molecule has 1 aromatic heterocycles. The molecule has 1 aromatic carbocycles. The molecule has 0 fully saturated rings. The number of likely N-dealkylation sites (N-methyl/N-ethyl adjacent to an activating group) is 1. The lowest BCUT2D eigenvalue weighted by atomic mass is 9.99. The lowest BCUT2D eigenvalue weighted by Crippen LogP contribution is -2.23. The number of nitrogens with one attached hydrogen (secondary N) is 1. The van der Waals surface area contributed by atoms with Gasteiger partial charge in [0, 0.05) is 22.4 Å². The van der Waals surface area contributed by atoms with Crippen molar-refractivity contribution in [1.29, 1.82) is 0 Å². The van der Waals surface area contributed by atoms with Crippen LogP contribution in [0.25, 0.3) is 0 Å². The summed E-state index contributed by atoms with van der Waals surface area (Å²) in [4.78, 5) is 4.27. The summed E-state index contributed by atoms with van der Waals surface area (Å²) in [5.41, 5.74) is 3.69. The highest BCUT2D eigenvalue weighted by Crippen LogP contribution is 2.21. The summed E-state index contributed by atoms with van der Waals surface area (Å²) in [7, 11) is 0. The SMILES string of the molecule is CCNC(Cc1cccc(Br)c1)c1ccnc(C)c1. The lowest BCUT2D eigenvalue weighted by Gasteiger charge is -2.19. The molecule has 19 heavy (non-hydrogen) atoms. The molecule has 0 saturated heterocycles. The van der Waals surface area contributed by atoms with E-state index in [0.29, 0.717) is 6.04 Å². The van der Waals surface area contributed by atoms with Gasteiger partial charge in [-0.2, -0.15) is 0 Å². The van der Waals surface area contributed by atoms with Crippen molar-refractivity contribution in [3.63, 3.8) is 0 Å². The largest absolute Gasteiger partial charge is 0.310 e. The fraction of sp³-hybridized carbons (Fsp3) is 0.312. The molecule has 2 nitrogen and oxygen atoms in total. The summed E-state index contributed by atoms with van der Waals surface area (Å²) >= 11 is 3.53. The number of aromatic nitrogens is 1. The van der Waals surface area contributed by atoms with E-state index in [4.69, 9.17) is 0 Å². The maximum absolute atomic E-state index is 4.27. The number of aryl methyl sites for hydroxylation is 1. The molecule has 0 aliphatic rings. The number of pyridine rings is 1. The van der Waals surface area contributed by atoms with Crippen molar-refractivity contribution in [2.45, 2.75) is 26.3 Å². The second-order valence-corrected chi connectivity index (χ2v) is 5.59. The molecule has 3 heteroatoms.